The first-order valence-electron chi connectivity index (χ1n) is 7.75. The lowest BCUT2D eigenvalue weighted by molar-refractivity contribution is -0.146. The maximum absolute atomic E-state index is 12.5. The van der Waals surface area contributed by atoms with E-state index in [4.69, 9.17) is 19.9 Å². The largest absolute Gasteiger partial charge is 0.465 e. The van der Waals surface area contributed by atoms with Crippen molar-refractivity contribution in [3.63, 3.8) is 0 Å². The second-order valence-electron chi connectivity index (χ2n) is 5.24. The van der Waals surface area contributed by atoms with Gasteiger partial charge in [-0.3, -0.25) is 4.79 Å². The van der Waals surface area contributed by atoms with E-state index in [1.54, 1.807) is 26.0 Å². The molecule has 1 aliphatic rings. The number of rotatable bonds is 5. The molecule has 0 saturated heterocycles. The van der Waals surface area contributed by atoms with Gasteiger partial charge in [0.1, 0.15) is 11.3 Å². The van der Waals surface area contributed by atoms with Crippen molar-refractivity contribution in [1.82, 2.24) is 0 Å². The Morgan fingerprint density at radius 2 is 1.96 bits per heavy atom. The molecular weight excluding hydrogens is 472 g/mol. The highest BCUT2D eigenvalue weighted by Gasteiger charge is 2.44. The minimum Gasteiger partial charge on any atom is -0.465 e. The van der Waals surface area contributed by atoms with Crippen molar-refractivity contribution in [2.75, 3.05) is 13.2 Å². The lowest BCUT2D eigenvalue weighted by Gasteiger charge is -2.30. The van der Waals surface area contributed by atoms with E-state index in [0.29, 0.717) is 20.3 Å². The number of fused-ring (bicyclic) bond motifs is 1. The van der Waals surface area contributed by atoms with Crippen molar-refractivity contribution < 1.29 is 23.8 Å². The molecule has 1 heterocycles. The van der Waals surface area contributed by atoms with Gasteiger partial charge >= 0.3 is 11.9 Å². The molecule has 9 heteroatoms. The van der Waals surface area contributed by atoms with Crippen LogP contribution in [-0.2, 0) is 19.1 Å². The second-order valence-corrected chi connectivity index (χ2v) is 7.01. The lowest BCUT2D eigenvalue weighted by Crippen LogP contribution is -2.34. The molecule has 26 heavy (non-hydrogen) atoms. The third-order valence-corrected chi connectivity index (χ3v) is 4.72. The molecule has 2 atom stereocenters. The van der Waals surface area contributed by atoms with Gasteiger partial charge in [-0.05, 0) is 41.9 Å². The summed E-state index contributed by atoms with van der Waals surface area (Å²) < 4.78 is 16.9. The highest BCUT2D eigenvalue weighted by molar-refractivity contribution is 9.11. The molecule has 0 spiro atoms. The van der Waals surface area contributed by atoms with Crippen LogP contribution in [0.15, 0.2) is 32.5 Å². The van der Waals surface area contributed by atoms with Crippen LogP contribution in [-0.4, -0.2) is 25.2 Å². The summed E-state index contributed by atoms with van der Waals surface area (Å²) in [6.07, 6.45) is 0. The average Bonchev–Trinajstić information content (AvgIpc) is 2.56. The molecule has 1 aromatic rings. The Morgan fingerprint density at radius 3 is 2.54 bits per heavy atom. The van der Waals surface area contributed by atoms with E-state index in [1.165, 1.54) is 0 Å². The van der Waals surface area contributed by atoms with Gasteiger partial charge < -0.3 is 19.9 Å². The number of nitrogens with two attached hydrogens (primary N) is 1. The van der Waals surface area contributed by atoms with Crippen LogP contribution in [0.5, 0.6) is 5.75 Å². The molecule has 1 aromatic carbocycles. The molecule has 0 saturated carbocycles. The second kappa shape index (κ2) is 8.56. The molecule has 0 bridgehead atoms. The Kier molecular flexibility index (Phi) is 6.67. The minimum absolute atomic E-state index is 0.0797. The topological polar surface area (TPSA) is 112 Å². The van der Waals surface area contributed by atoms with E-state index in [9.17, 15) is 14.9 Å². The molecule has 0 amide bonds. The van der Waals surface area contributed by atoms with E-state index in [2.05, 4.69) is 31.9 Å². The molecule has 0 fully saturated rings. The molecular formula is C17H16Br2N2O5. The number of carbonyl (C=O) groups excluding carboxylic acids is 2. The smallest absolute Gasteiger partial charge is 0.340 e. The fourth-order valence-corrected chi connectivity index (χ4v) is 4.01. The Morgan fingerprint density at radius 1 is 1.31 bits per heavy atom. The van der Waals surface area contributed by atoms with Gasteiger partial charge in [-0.2, -0.15) is 5.26 Å². The van der Waals surface area contributed by atoms with E-state index in [1.807, 2.05) is 6.07 Å². The standard InChI is InChI=1S/C17H16Br2N2O5/c1-3-24-16(22)10(7-20)12-9-5-8(18)6-11(19)14(9)26-15(21)13(12)17(23)25-4-2/h5-6,10,12H,3-4,21H2,1-2H3/t10-,12+/m1/s1. The zero-order chi connectivity index (χ0) is 19.4. The summed E-state index contributed by atoms with van der Waals surface area (Å²) in [5, 5.41) is 9.62. The highest BCUT2D eigenvalue weighted by Crippen LogP contribution is 2.47. The number of nitrogens with zero attached hydrogens (tertiary/aromatic N) is 1. The molecule has 1 aliphatic heterocycles. The molecule has 0 radical (unpaired) electrons. The van der Waals surface area contributed by atoms with E-state index in [-0.39, 0.29) is 24.7 Å². The number of halogens is 2. The predicted octanol–water partition coefficient (Wildman–Crippen LogP) is 3.12. The van der Waals surface area contributed by atoms with Crippen molar-refractivity contribution in [2.45, 2.75) is 19.8 Å². The third-order valence-electron chi connectivity index (χ3n) is 3.67. The van der Waals surface area contributed by atoms with Crippen molar-refractivity contribution >= 4 is 43.8 Å². The van der Waals surface area contributed by atoms with Crippen LogP contribution in [0.2, 0.25) is 0 Å². The molecule has 0 aliphatic carbocycles. The average molecular weight is 488 g/mol. The summed E-state index contributed by atoms with van der Waals surface area (Å²) in [6.45, 7) is 3.48. The van der Waals surface area contributed by atoms with Crippen LogP contribution < -0.4 is 10.5 Å². The highest BCUT2D eigenvalue weighted by atomic mass is 79.9. The summed E-state index contributed by atoms with van der Waals surface area (Å²) in [7, 11) is 0. The van der Waals surface area contributed by atoms with Crippen LogP contribution in [0.25, 0.3) is 0 Å². The van der Waals surface area contributed by atoms with Gasteiger partial charge in [0, 0.05) is 10.0 Å². The van der Waals surface area contributed by atoms with Crippen molar-refractivity contribution in [3.05, 3.63) is 38.1 Å². The molecule has 7 nitrogen and oxygen atoms in total. The molecule has 2 N–H and O–H groups in total. The number of esters is 2. The van der Waals surface area contributed by atoms with Crippen LogP contribution in [0.4, 0.5) is 0 Å². The van der Waals surface area contributed by atoms with Crippen LogP contribution >= 0.6 is 31.9 Å². The van der Waals surface area contributed by atoms with Gasteiger partial charge in [0.15, 0.2) is 5.92 Å². The molecule has 2 rings (SSSR count). The molecule has 0 unspecified atom stereocenters. The van der Waals surface area contributed by atoms with E-state index >= 15 is 0 Å². The Hall–Kier alpha value is -2.05. The SMILES string of the molecule is CCOC(=O)C1=C(N)Oc2c(Br)cc(Br)cc2[C@H]1[C@@H](C#N)C(=O)OCC. The number of ether oxygens (including phenoxy) is 3. The van der Waals surface area contributed by atoms with E-state index in [0.717, 1.165) is 0 Å². The van der Waals surface area contributed by atoms with Crippen molar-refractivity contribution in [3.8, 4) is 11.8 Å². The lowest BCUT2D eigenvalue weighted by atomic mass is 9.79. The summed E-state index contributed by atoms with van der Waals surface area (Å²) in [5.41, 5.74) is 6.32. The number of hydrogen-bond donors (Lipinski definition) is 1. The predicted molar refractivity (Wildman–Crippen MR) is 98.8 cm³/mol. The summed E-state index contributed by atoms with van der Waals surface area (Å²) in [4.78, 5) is 24.8. The van der Waals surface area contributed by atoms with Gasteiger partial charge in [-0.25, -0.2) is 4.79 Å². The zero-order valence-electron chi connectivity index (χ0n) is 14.0. The maximum Gasteiger partial charge on any atom is 0.340 e. The Labute approximate surface area is 167 Å². The van der Waals surface area contributed by atoms with Crippen molar-refractivity contribution in [2.24, 2.45) is 11.7 Å². The fourth-order valence-electron chi connectivity index (χ4n) is 2.67. The van der Waals surface area contributed by atoms with Gasteiger partial charge in [0.2, 0.25) is 5.88 Å². The van der Waals surface area contributed by atoms with Crippen molar-refractivity contribution in [1.29, 1.82) is 5.26 Å². The van der Waals surface area contributed by atoms with E-state index < -0.39 is 23.8 Å². The zero-order valence-corrected chi connectivity index (χ0v) is 17.2. The van der Waals surface area contributed by atoms with Crippen LogP contribution in [0.1, 0.15) is 25.3 Å². The number of carbonyl (C=O) groups is 2. The summed E-state index contributed by atoms with van der Waals surface area (Å²) >= 11 is 6.73. The normalized spacial score (nSPS) is 16.8. The number of nitriles is 1. The minimum atomic E-state index is -1.29. The summed E-state index contributed by atoms with van der Waals surface area (Å²) in [6, 6.07) is 5.32. The Bertz CT molecular complexity index is 816. The van der Waals surface area contributed by atoms with Gasteiger partial charge in [-0.1, -0.05) is 15.9 Å². The van der Waals surface area contributed by atoms with Gasteiger partial charge in [-0.15, -0.1) is 0 Å². The molecule has 138 valence electrons. The van der Waals surface area contributed by atoms with Gasteiger partial charge in [0.25, 0.3) is 0 Å². The van der Waals surface area contributed by atoms with Gasteiger partial charge in [0.05, 0.1) is 29.7 Å². The maximum atomic E-state index is 12.5. The first-order chi connectivity index (χ1) is 12.3. The number of benzene rings is 1. The first kappa shape index (κ1) is 20.3. The van der Waals surface area contributed by atoms with Crippen LogP contribution in [0.3, 0.4) is 0 Å². The molecule has 0 aromatic heterocycles. The number of hydrogen-bond acceptors (Lipinski definition) is 7. The first-order valence-corrected chi connectivity index (χ1v) is 9.34. The monoisotopic (exact) mass is 486 g/mol. The Balaban J connectivity index is 2.70. The third kappa shape index (κ3) is 3.86. The quantitative estimate of drug-likeness (QED) is 0.635. The van der Waals surface area contributed by atoms with Crippen LogP contribution in [0, 0.1) is 17.2 Å². The fraction of sp³-hybridized carbons (Fsp3) is 0.353. The summed E-state index contributed by atoms with van der Waals surface area (Å²) in [5.74, 6) is -3.67.